The van der Waals surface area contributed by atoms with Crippen LogP contribution in [0.5, 0.6) is 0 Å². The largest absolute Gasteiger partial charge is 0.381 e. The predicted molar refractivity (Wildman–Crippen MR) is 63.8 cm³/mol. The Morgan fingerprint density at radius 3 is 2.60 bits per heavy atom. The lowest BCUT2D eigenvalue weighted by atomic mass is 9.78. The molecule has 82 valence electrons. The van der Waals surface area contributed by atoms with Gasteiger partial charge in [-0.1, -0.05) is 20.3 Å². The molecule has 0 radical (unpaired) electrons. The first-order valence-corrected chi connectivity index (χ1v) is 5.94. The minimum atomic E-state index is 0.614. The Kier molecular flexibility index (Phi) is 3.24. The van der Waals surface area contributed by atoms with Crippen molar-refractivity contribution in [1.82, 2.24) is 4.98 Å². The fraction of sp³-hybridized carbons (Fsp3) is 0.615. The van der Waals surface area contributed by atoms with Crippen LogP contribution in [0.1, 0.15) is 33.1 Å². The molecule has 2 atom stereocenters. The van der Waals surface area contributed by atoms with Gasteiger partial charge in [0.2, 0.25) is 0 Å². The minimum absolute atomic E-state index is 0.614. The van der Waals surface area contributed by atoms with Crippen LogP contribution in [0.2, 0.25) is 0 Å². The van der Waals surface area contributed by atoms with Crippen molar-refractivity contribution in [2.24, 2.45) is 11.8 Å². The molecule has 2 heteroatoms. The molecule has 1 fully saturated rings. The van der Waals surface area contributed by atoms with E-state index >= 15 is 0 Å². The van der Waals surface area contributed by atoms with Crippen LogP contribution in [0.4, 0.5) is 5.69 Å². The Labute approximate surface area is 92.1 Å². The average molecular weight is 204 g/mol. The lowest BCUT2D eigenvalue weighted by Gasteiger charge is -2.35. The molecule has 2 unspecified atom stereocenters. The summed E-state index contributed by atoms with van der Waals surface area (Å²) in [6.45, 7) is 4.70. The highest BCUT2D eigenvalue weighted by atomic mass is 14.9. The van der Waals surface area contributed by atoms with E-state index < -0.39 is 0 Å². The van der Waals surface area contributed by atoms with E-state index in [9.17, 15) is 0 Å². The van der Waals surface area contributed by atoms with Crippen molar-refractivity contribution in [2.75, 3.05) is 5.32 Å². The summed E-state index contributed by atoms with van der Waals surface area (Å²) in [5.74, 6) is 1.54. The second kappa shape index (κ2) is 4.65. The lowest BCUT2D eigenvalue weighted by Crippen LogP contribution is -2.37. The molecule has 1 aliphatic rings. The first-order chi connectivity index (χ1) is 7.27. The van der Waals surface area contributed by atoms with Crippen LogP contribution in [0.3, 0.4) is 0 Å². The molecule has 0 spiro atoms. The van der Waals surface area contributed by atoms with Crippen molar-refractivity contribution in [3.63, 3.8) is 0 Å². The van der Waals surface area contributed by atoms with E-state index in [0.29, 0.717) is 6.04 Å². The maximum Gasteiger partial charge on any atom is 0.0529 e. The van der Waals surface area contributed by atoms with Crippen LogP contribution in [0, 0.1) is 11.8 Å². The van der Waals surface area contributed by atoms with Gasteiger partial charge in [-0.2, -0.15) is 0 Å². The summed E-state index contributed by atoms with van der Waals surface area (Å²) in [6, 6.07) is 4.70. The third-order valence-electron chi connectivity index (χ3n) is 3.54. The Bertz CT molecular complexity index is 287. The van der Waals surface area contributed by atoms with Crippen LogP contribution in [-0.2, 0) is 0 Å². The summed E-state index contributed by atoms with van der Waals surface area (Å²) < 4.78 is 0. The van der Waals surface area contributed by atoms with E-state index in [1.165, 1.54) is 19.3 Å². The van der Waals surface area contributed by atoms with Gasteiger partial charge in [-0.25, -0.2) is 0 Å². The van der Waals surface area contributed by atoms with Crippen LogP contribution < -0.4 is 5.32 Å². The van der Waals surface area contributed by atoms with E-state index in [0.717, 1.165) is 17.5 Å². The molecule has 1 aromatic heterocycles. The van der Waals surface area contributed by atoms with Gasteiger partial charge in [-0.05, 0) is 36.8 Å². The number of nitrogens with zero attached hydrogens (tertiary/aromatic N) is 1. The average Bonchev–Trinajstić information content (AvgIpc) is 2.25. The summed E-state index contributed by atoms with van der Waals surface area (Å²) >= 11 is 0. The van der Waals surface area contributed by atoms with Crippen molar-refractivity contribution in [3.05, 3.63) is 24.5 Å². The second-order valence-corrected chi connectivity index (χ2v) is 4.80. The summed E-state index contributed by atoms with van der Waals surface area (Å²) in [7, 11) is 0. The number of aromatic nitrogens is 1. The minimum Gasteiger partial charge on any atom is -0.381 e. The Morgan fingerprint density at radius 2 is 2.00 bits per heavy atom. The molecule has 0 aromatic carbocycles. The van der Waals surface area contributed by atoms with Gasteiger partial charge in [-0.15, -0.1) is 0 Å². The van der Waals surface area contributed by atoms with Gasteiger partial charge >= 0.3 is 0 Å². The smallest absolute Gasteiger partial charge is 0.0529 e. The molecule has 2 rings (SSSR count). The van der Waals surface area contributed by atoms with Crippen molar-refractivity contribution >= 4 is 5.69 Å². The van der Waals surface area contributed by atoms with Crippen molar-refractivity contribution in [3.8, 4) is 0 Å². The van der Waals surface area contributed by atoms with Crippen LogP contribution >= 0.6 is 0 Å². The molecule has 1 N–H and O–H groups in total. The third kappa shape index (κ3) is 2.49. The lowest BCUT2D eigenvalue weighted by molar-refractivity contribution is 0.268. The molecule has 15 heavy (non-hydrogen) atoms. The quantitative estimate of drug-likeness (QED) is 0.799. The molecule has 1 heterocycles. The Morgan fingerprint density at radius 1 is 1.27 bits per heavy atom. The third-order valence-corrected chi connectivity index (χ3v) is 3.54. The van der Waals surface area contributed by atoms with E-state index in [2.05, 4.69) is 30.2 Å². The van der Waals surface area contributed by atoms with E-state index in [-0.39, 0.29) is 0 Å². The summed E-state index contributed by atoms with van der Waals surface area (Å²) in [4.78, 5) is 4.14. The van der Waals surface area contributed by atoms with E-state index in [1.54, 1.807) is 0 Å². The molecule has 0 amide bonds. The zero-order valence-corrected chi connectivity index (χ0v) is 9.61. The predicted octanol–water partition coefficient (Wildman–Crippen LogP) is 3.32. The van der Waals surface area contributed by atoms with Gasteiger partial charge in [0.05, 0.1) is 5.69 Å². The molecule has 1 aliphatic carbocycles. The van der Waals surface area contributed by atoms with Crippen molar-refractivity contribution in [2.45, 2.75) is 39.2 Å². The number of rotatable bonds is 2. The summed E-state index contributed by atoms with van der Waals surface area (Å²) in [5.41, 5.74) is 1.16. The normalized spacial score (nSPS) is 31.2. The molecule has 1 aromatic rings. The number of hydrogen-bond donors (Lipinski definition) is 1. The zero-order chi connectivity index (χ0) is 10.7. The van der Waals surface area contributed by atoms with Gasteiger partial charge in [0.15, 0.2) is 0 Å². The monoisotopic (exact) mass is 204 g/mol. The van der Waals surface area contributed by atoms with Crippen LogP contribution in [0.15, 0.2) is 24.5 Å². The first kappa shape index (κ1) is 10.5. The molecule has 1 saturated carbocycles. The number of pyridine rings is 1. The van der Waals surface area contributed by atoms with Gasteiger partial charge in [0, 0.05) is 18.4 Å². The summed E-state index contributed by atoms with van der Waals surface area (Å²) in [6.07, 6.45) is 7.81. The molecule has 0 saturated heterocycles. The van der Waals surface area contributed by atoms with Gasteiger partial charge < -0.3 is 5.32 Å². The fourth-order valence-electron chi connectivity index (χ4n) is 2.61. The molecular weight excluding hydrogens is 184 g/mol. The SMILES string of the molecule is CC1CCCC(C)C1Nc1cccnc1. The van der Waals surface area contributed by atoms with E-state index in [1.807, 2.05) is 18.5 Å². The van der Waals surface area contributed by atoms with Gasteiger partial charge in [0.1, 0.15) is 0 Å². The van der Waals surface area contributed by atoms with Crippen LogP contribution in [-0.4, -0.2) is 11.0 Å². The fourth-order valence-corrected chi connectivity index (χ4v) is 2.61. The zero-order valence-electron chi connectivity index (χ0n) is 9.61. The summed E-state index contributed by atoms with van der Waals surface area (Å²) in [5, 5.41) is 3.62. The highest BCUT2D eigenvalue weighted by Gasteiger charge is 2.27. The van der Waals surface area contributed by atoms with Crippen molar-refractivity contribution < 1.29 is 0 Å². The van der Waals surface area contributed by atoms with Gasteiger partial charge in [-0.3, -0.25) is 4.98 Å². The van der Waals surface area contributed by atoms with Crippen molar-refractivity contribution in [1.29, 1.82) is 0 Å². The van der Waals surface area contributed by atoms with E-state index in [4.69, 9.17) is 0 Å². The first-order valence-electron chi connectivity index (χ1n) is 5.94. The number of nitrogens with one attached hydrogen (secondary N) is 1. The maximum atomic E-state index is 4.14. The second-order valence-electron chi connectivity index (χ2n) is 4.80. The molecular formula is C13H20N2. The Balaban J connectivity index is 2.03. The maximum absolute atomic E-state index is 4.14. The highest BCUT2D eigenvalue weighted by Crippen LogP contribution is 2.30. The number of hydrogen-bond acceptors (Lipinski definition) is 2. The topological polar surface area (TPSA) is 24.9 Å². The Hall–Kier alpha value is -1.05. The van der Waals surface area contributed by atoms with Crippen LogP contribution in [0.25, 0.3) is 0 Å². The molecule has 0 bridgehead atoms. The van der Waals surface area contributed by atoms with Gasteiger partial charge in [0.25, 0.3) is 0 Å². The molecule has 0 aliphatic heterocycles. The standard InChI is InChI=1S/C13H20N2/c1-10-5-3-6-11(2)13(10)15-12-7-4-8-14-9-12/h4,7-11,13,15H,3,5-6H2,1-2H3. The molecule has 2 nitrogen and oxygen atoms in total. The highest BCUT2D eigenvalue weighted by molar-refractivity contribution is 5.41. The number of anilines is 1.